The molecule has 0 saturated heterocycles. The maximum absolute atomic E-state index is 13.7. The Labute approximate surface area is 103 Å². The summed E-state index contributed by atoms with van der Waals surface area (Å²) >= 11 is 0. The first-order chi connectivity index (χ1) is 8.67. The molecular weight excluding hydrogens is 240 g/mol. The monoisotopic (exact) mass is 251 g/mol. The standard InChI is InChI=1S/C13H11F2NO2/c1-18-13-10(5-8(7-17)6-16-13)9-3-2-4-11(14)12(9)15/h2-6,17H,7H2,1H3. The first-order valence-corrected chi connectivity index (χ1v) is 5.25. The Bertz CT molecular complexity index is 573. The van der Waals surface area contributed by atoms with Crippen molar-refractivity contribution in [1.29, 1.82) is 0 Å². The summed E-state index contributed by atoms with van der Waals surface area (Å²) in [5.41, 5.74) is 0.852. The Hall–Kier alpha value is -2.01. The van der Waals surface area contributed by atoms with Crippen molar-refractivity contribution in [2.45, 2.75) is 6.61 Å². The van der Waals surface area contributed by atoms with Crippen LogP contribution in [-0.2, 0) is 6.61 Å². The van der Waals surface area contributed by atoms with Gasteiger partial charge >= 0.3 is 0 Å². The highest BCUT2D eigenvalue weighted by atomic mass is 19.2. The summed E-state index contributed by atoms with van der Waals surface area (Å²) in [7, 11) is 1.39. The van der Waals surface area contributed by atoms with Crippen LogP contribution < -0.4 is 4.74 Å². The predicted molar refractivity (Wildman–Crippen MR) is 62.1 cm³/mol. The molecule has 0 aliphatic heterocycles. The SMILES string of the molecule is COc1ncc(CO)cc1-c1cccc(F)c1F. The van der Waals surface area contributed by atoms with E-state index in [9.17, 15) is 8.78 Å². The quantitative estimate of drug-likeness (QED) is 0.911. The fraction of sp³-hybridized carbons (Fsp3) is 0.154. The van der Waals surface area contributed by atoms with Crippen LogP contribution in [0.1, 0.15) is 5.56 Å². The van der Waals surface area contributed by atoms with Gasteiger partial charge in [-0.3, -0.25) is 0 Å². The summed E-state index contributed by atoms with van der Waals surface area (Å²) in [5.74, 6) is -1.73. The van der Waals surface area contributed by atoms with Crippen LogP contribution in [0.15, 0.2) is 30.5 Å². The molecule has 0 saturated carbocycles. The summed E-state index contributed by atoms with van der Waals surface area (Å²) in [6, 6.07) is 5.39. The zero-order valence-corrected chi connectivity index (χ0v) is 9.65. The van der Waals surface area contributed by atoms with E-state index in [1.807, 2.05) is 0 Å². The molecule has 0 radical (unpaired) electrons. The number of aliphatic hydroxyl groups is 1. The van der Waals surface area contributed by atoms with E-state index in [2.05, 4.69) is 4.98 Å². The van der Waals surface area contributed by atoms with Gasteiger partial charge < -0.3 is 9.84 Å². The minimum atomic E-state index is -0.965. The van der Waals surface area contributed by atoms with Gasteiger partial charge in [-0.15, -0.1) is 0 Å². The minimum Gasteiger partial charge on any atom is -0.481 e. The number of halogens is 2. The van der Waals surface area contributed by atoms with E-state index >= 15 is 0 Å². The number of pyridine rings is 1. The number of nitrogens with zero attached hydrogens (tertiary/aromatic N) is 1. The molecule has 18 heavy (non-hydrogen) atoms. The van der Waals surface area contributed by atoms with Gasteiger partial charge in [-0.05, 0) is 17.7 Å². The Kier molecular flexibility index (Phi) is 3.53. The van der Waals surface area contributed by atoms with Crippen LogP contribution in [0, 0.1) is 11.6 Å². The van der Waals surface area contributed by atoms with Crippen LogP contribution in [0.5, 0.6) is 5.88 Å². The number of hydrogen-bond donors (Lipinski definition) is 1. The molecular formula is C13H11F2NO2. The van der Waals surface area contributed by atoms with E-state index in [1.54, 1.807) is 0 Å². The second-order valence-corrected chi connectivity index (χ2v) is 3.66. The van der Waals surface area contributed by atoms with Crippen LogP contribution in [-0.4, -0.2) is 17.2 Å². The molecule has 0 spiro atoms. The summed E-state index contributed by atoms with van der Waals surface area (Å²) in [6.07, 6.45) is 1.42. The van der Waals surface area contributed by atoms with Gasteiger partial charge in [-0.1, -0.05) is 12.1 Å². The first-order valence-electron chi connectivity index (χ1n) is 5.25. The number of hydrogen-bond acceptors (Lipinski definition) is 3. The van der Waals surface area contributed by atoms with E-state index in [4.69, 9.17) is 9.84 Å². The Balaban J connectivity index is 2.64. The van der Waals surface area contributed by atoms with Crippen molar-refractivity contribution in [2.24, 2.45) is 0 Å². The molecule has 0 aliphatic rings. The van der Waals surface area contributed by atoms with Gasteiger partial charge in [-0.2, -0.15) is 0 Å². The average molecular weight is 251 g/mol. The van der Waals surface area contributed by atoms with Crippen LogP contribution in [0.3, 0.4) is 0 Å². The van der Waals surface area contributed by atoms with Crippen molar-refractivity contribution >= 4 is 0 Å². The van der Waals surface area contributed by atoms with Gasteiger partial charge in [0.25, 0.3) is 0 Å². The van der Waals surface area contributed by atoms with Crippen molar-refractivity contribution in [1.82, 2.24) is 4.98 Å². The number of benzene rings is 1. The zero-order valence-electron chi connectivity index (χ0n) is 9.65. The normalized spacial score (nSPS) is 10.4. The molecule has 1 N–H and O–H groups in total. The van der Waals surface area contributed by atoms with E-state index in [0.29, 0.717) is 11.1 Å². The number of aliphatic hydroxyl groups excluding tert-OH is 1. The topological polar surface area (TPSA) is 42.4 Å². The third-order valence-electron chi connectivity index (χ3n) is 2.53. The highest BCUT2D eigenvalue weighted by Gasteiger charge is 2.15. The van der Waals surface area contributed by atoms with Crippen LogP contribution in [0.4, 0.5) is 8.78 Å². The molecule has 1 aromatic carbocycles. The summed E-state index contributed by atoms with van der Waals surface area (Å²) in [5, 5.41) is 9.05. The number of methoxy groups -OCH3 is 1. The fourth-order valence-corrected chi connectivity index (χ4v) is 1.65. The van der Waals surface area contributed by atoms with Gasteiger partial charge in [0.15, 0.2) is 11.6 Å². The molecule has 0 bridgehead atoms. The molecule has 0 atom stereocenters. The lowest BCUT2D eigenvalue weighted by molar-refractivity contribution is 0.281. The molecule has 2 rings (SSSR count). The van der Waals surface area contributed by atoms with Crippen molar-refractivity contribution in [3.63, 3.8) is 0 Å². The molecule has 0 fully saturated rings. The van der Waals surface area contributed by atoms with Crippen LogP contribution >= 0.6 is 0 Å². The Morgan fingerprint density at radius 2 is 2.06 bits per heavy atom. The minimum absolute atomic E-state index is 0.0506. The third-order valence-corrected chi connectivity index (χ3v) is 2.53. The Morgan fingerprint density at radius 3 is 2.72 bits per heavy atom. The lowest BCUT2D eigenvalue weighted by atomic mass is 10.0. The van der Waals surface area contributed by atoms with Crippen molar-refractivity contribution < 1.29 is 18.6 Å². The van der Waals surface area contributed by atoms with Crippen molar-refractivity contribution in [3.8, 4) is 17.0 Å². The van der Waals surface area contributed by atoms with Gasteiger partial charge in [0.1, 0.15) is 0 Å². The average Bonchev–Trinajstić information content (AvgIpc) is 2.41. The molecule has 3 nitrogen and oxygen atoms in total. The van der Waals surface area contributed by atoms with E-state index < -0.39 is 11.6 Å². The molecule has 5 heteroatoms. The molecule has 0 aliphatic carbocycles. The predicted octanol–water partition coefficient (Wildman–Crippen LogP) is 2.53. The maximum Gasteiger partial charge on any atom is 0.221 e. The van der Waals surface area contributed by atoms with Gasteiger partial charge in [0.05, 0.1) is 13.7 Å². The highest BCUT2D eigenvalue weighted by Crippen LogP contribution is 2.31. The summed E-state index contributed by atoms with van der Waals surface area (Å²) < 4.78 is 31.9. The molecule has 0 unspecified atom stereocenters. The molecule has 1 heterocycles. The maximum atomic E-state index is 13.7. The van der Waals surface area contributed by atoms with Crippen LogP contribution in [0.2, 0.25) is 0 Å². The molecule has 0 amide bonds. The molecule has 2 aromatic rings. The van der Waals surface area contributed by atoms with Gasteiger partial charge in [-0.25, -0.2) is 13.8 Å². The van der Waals surface area contributed by atoms with Crippen molar-refractivity contribution in [2.75, 3.05) is 7.11 Å². The highest BCUT2D eigenvalue weighted by molar-refractivity contribution is 5.69. The smallest absolute Gasteiger partial charge is 0.221 e. The number of rotatable bonds is 3. The lowest BCUT2D eigenvalue weighted by Gasteiger charge is -2.10. The van der Waals surface area contributed by atoms with E-state index in [-0.39, 0.29) is 18.1 Å². The molecule has 1 aromatic heterocycles. The summed E-state index contributed by atoms with van der Waals surface area (Å²) in [6.45, 7) is -0.235. The Morgan fingerprint density at radius 1 is 1.28 bits per heavy atom. The second kappa shape index (κ2) is 5.10. The van der Waals surface area contributed by atoms with Crippen LogP contribution in [0.25, 0.3) is 11.1 Å². The number of ether oxygens (including phenoxy) is 1. The second-order valence-electron chi connectivity index (χ2n) is 3.66. The van der Waals surface area contributed by atoms with E-state index in [0.717, 1.165) is 6.07 Å². The summed E-state index contributed by atoms with van der Waals surface area (Å²) in [4.78, 5) is 3.94. The molecule has 94 valence electrons. The van der Waals surface area contributed by atoms with Gasteiger partial charge in [0.2, 0.25) is 5.88 Å². The van der Waals surface area contributed by atoms with Gasteiger partial charge in [0, 0.05) is 17.3 Å². The van der Waals surface area contributed by atoms with E-state index in [1.165, 1.54) is 31.5 Å². The number of aromatic nitrogens is 1. The largest absolute Gasteiger partial charge is 0.481 e. The third kappa shape index (κ3) is 2.17. The van der Waals surface area contributed by atoms with Crippen molar-refractivity contribution in [3.05, 3.63) is 47.7 Å². The first kappa shape index (κ1) is 12.4. The fourth-order valence-electron chi connectivity index (χ4n) is 1.65. The lowest BCUT2D eigenvalue weighted by Crippen LogP contribution is -1.97. The zero-order chi connectivity index (χ0) is 13.1.